The van der Waals surface area contributed by atoms with E-state index in [9.17, 15) is 0 Å². The molecule has 0 saturated heterocycles. The van der Waals surface area contributed by atoms with Crippen molar-refractivity contribution in [3.05, 3.63) is 42.2 Å². The Labute approximate surface area is 127 Å². The number of hydrogen-bond donors (Lipinski definition) is 1. The van der Waals surface area contributed by atoms with Crippen LogP contribution in [0.1, 0.15) is 32.8 Å². The van der Waals surface area contributed by atoms with Gasteiger partial charge in [-0.25, -0.2) is 0 Å². The summed E-state index contributed by atoms with van der Waals surface area (Å²) in [6.07, 6.45) is 5.11. The van der Waals surface area contributed by atoms with E-state index in [2.05, 4.69) is 43.4 Å². The molecule has 0 spiro atoms. The average molecular weight is 287 g/mol. The van der Waals surface area contributed by atoms with Crippen molar-refractivity contribution < 1.29 is 4.74 Å². The predicted molar refractivity (Wildman–Crippen MR) is 86.6 cm³/mol. The minimum Gasteiger partial charge on any atom is -0.493 e. The van der Waals surface area contributed by atoms with Gasteiger partial charge < -0.3 is 10.1 Å². The molecule has 1 aromatic heterocycles. The average Bonchev–Trinajstić information content (AvgIpc) is 2.92. The summed E-state index contributed by atoms with van der Waals surface area (Å²) >= 11 is 0. The van der Waals surface area contributed by atoms with Crippen LogP contribution in [0.3, 0.4) is 0 Å². The van der Waals surface area contributed by atoms with Crippen LogP contribution in [-0.4, -0.2) is 16.4 Å². The molecule has 21 heavy (non-hydrogen) atoms. The molecule has 0 aliphatic carbocycles. The van der Waals surface area contributed by atoms with Gasteiger partial charge in [0.05, 0.1) is 12.8 Å². The Hall–Kier alpha value is -1.97. The Morgan fingerprint density at radius 3 is 2.95 bits per heavy atom. The van der Waals surface area contributed by atoms with Crippen LogP contribution in [0.25, 0.3) is 0 Å². The predicted octanol–water partition coefficient (Wildman–Crippen LogP) is 3.94. The van der Waals surface area contributed by atoms with Gasteiger partial charge in [0.2, 0.25) is 0 Å². The first-order valence-electron chi connectivity index (χ1n) is 7.65. The fourth-order valence-corrected chi connectivity index (χ4v) is 2.01. The molecule has 114 valence electrons. The van der Waals surface area contributed by atoms with Crippen molar-refractivity contribution >= 4 is 5.69 Å². The first-order chi connectivity index (χ1) is 10.2. The van der Waals surface area contributed by atoms with E-state index in [4.69, 9.17) is 4.74 Å². The normalized spacial score (nSPS) is 10.9. The van der Waals surface area contributed by atoms with E-state index < -0.39 is 0 Å². The molecule has 4 heteroatoms. The van der Waals surface area contributed by atoms with Crippen LogP contribution in [0, 0.1) is 5.92 Å². The number of benzene rings is 1. The largest absolute Gasteiger partial charge is 0.493 e. The van der Waals surface area contributed by atoms with Crippen molar-refractivity contribution in [1.29, 1.82) is 0 Å². The van der Waals surface area contributed by atoms with Crippen molar-refractivity contribution in [2.75, 3.05) is 11.9 Å². The van der Waals surface area contributed by atoms with Gasteiger partial charge in [-0.1, -0.05) is 26.8 Å². The van der Waals surface area contributed by atoms with Crippen LogP contribution in [0.5, 0.6) is 5.75 Å². The molecular weight excluding hydrogens is 262 g/mol. The van der Waals surface area contributed by atoms with Gasteiger partial charge in [-0.2, -0.15) is 5.10 Å². The van der Waals surface area contributed by atoms with Gasteiger partial charge in [0.15, 0.2) is 0 Å². The number of aromatic nitrogens is 2. The minimum absolute atomic E-state index is 0.533. The van der Waals surface area contributed by atoms with Crippen molar-refractivity contribution in [2.24, 2.45) is 5.92 Å². The zero-order chi connectivity index (χ0) is 15.1. The van der Waals surface area contributed by atoms with E-state index in [1.807, 2.05) is 29.1 Å². The monoisotopic (exact) mass is 287 g/mol. The maximum absolute atomic E-state index is 5.74. The third kappa shape index (κ3) is 5.14. The molecule has 4 nitrogen and oxygen atoms in total. The maximum Gasteiger partial charge on any atom is 0.121 e. The van der Waals surface area contributed by atoms with Crippen molar-refractivity contribution in [1.82, 2.24) is 9.78 Å². The summed E-state index contributed by atoms with van der Waals surface area (Å²) in [4.78, 5) is 0. The lowest BCUT2D eigenvalue weighted by molar-refractivity contribution is 0.271. The third-order valence-corrected chi connectivity index (χ3v) is 3.05. The SMILES string of the molecule is CCCn1cc(CNc2cccc(OCC(C)C)c2)cn1. The Bertz CT molecular complexity index is 548. The molecule has 0 amide bonds. The van der Waals surface area contributed by atoms with E-state index in [1.165, 1.54) is 5.56 Å². The zero-order valence-corrected chi connectivity index (χ0v) is 13.2. The Balaban J connectivity index is 1.88. The van der Waals surface area contributed by atoms with Crippen molar-refractivity contribution in [2.45, 2.75) is 40.3 Å². The van der Waals surface area contributed by atoms with Crippen LogP contribution >= 0.6 is 0 Å². The molecule has 0 radical (unpaired) electrons. The Morgan fingerprint density at radius 2 is 2.19 bits per heavy atom. The second-order valence-electron chi connectivity index (χ2n) is 5.70. The number of hydrogen-bond acceptors (Lipinski definition) is 3. The summed E-state index contributed by atoms with van der Waals surface area (Å²) in [6, 6.07) is 8.10. The minimum atomic E-state index is 0.533. The lowest BCUT2D eigenvalue weighted by Crippen LogP contribution is -2.05. The molecule has 0 bridgehead atoms. The molecule has 0 aliphatic rings. The fourth-order valence-electron chi connectivity index (χ4n) is 2.01. The number of nitrogens with zero attached hydrogens (tertiary/aromatic N) is 2. The summed E-state index contributed by atoms with van der Waals surface area (Å²) < 4.78 is 7.73. The maximum atomic E-state index is 5.74. The number of nitrogens with one attached hydrogen (secondary N) is 1. The molecule has 2 aromatic rings. The number of anilines is 1. The van der Waals surface area contributed by atoms with E-state index in [0.29, 0.717) is 5.92 Å². The summed E-state index contributed by atoms with van der Waals surface area (Å²) in [5, 5.41) is 7.75. The summed E-state index contributed by atoms with van der Waals surface area (Å²) in [7, 11) is 0. The quantitative estimate of drug-likeness (QED) is 0.799. The standard InChI is InChI=1S/C17H25N3O/c1-4-8-20-12-15(11-19-20)10-18-16-6-5-7-17(9-16)21-13-14(2)3/h5-7,9,11-12,14,18H,4,8,10,13H2,1-3H3. The first-order valence-corrected chi connectivity index (χ1v) is 7.65. The number of aryl methyl sites for hydroxylation is 1. The number of rotatable bonds is 8. The molecule has 1 N–H and O–H groups in total. The smallest absolute Gasteiger partial charge is 0.121 e. The van der Waals surface area contributed by atoms with E-state index >= 15 is 0 Å². The van der Waals surface area contributed by atoms with Gasteiger partial charge in [-0.3, -0.25) is 4.68 Å². The molecule has 0 fully saturated rings. The molecule has 1 aromatic carbocycles. The first kappa shape index (κ1) is 15.4. The highest BCUT2D eigenvalue weighted by atomic mass is 16.5. The van der Waals surface area contributed by atoms with Crippen LogP contribution in [0.2, 0.25) is 0 Å². The van der Waals surface area contributed by atoms with Crippen LogP contribution < -0.4 is 10.1 Å². The summed E-state index contributed by atoms with van der Waals surface area (Å²) in [5.41, 5.74) is 2.26. The van der Waals surface area contributed by atoms with Crippen LogP contribution in [0.15, 0.2) is 36.7 Å². The Morgan fingerprint density at radius 1 is 1.33 bits per heavy atom. The third-order valence-electron chi connectivity index (χ3n) is 3.05. The van der Waals surface area contributed by atoms with E-state index in [0.717, 1.165) is 37.6 Å². The molecule has 1 heterocycles. The lowest BCUT2D eigenvalue weighted by Gasteiger charge is -2.10. The van der Waals surface area contributed by atoms with Gasteiger partial charge >= 0.3 is 0 Å². The topological polar surface area (TPSA) is 39.1 Å². The molecule has 0 aliphatic heterocycles. The van der Waals surface area contributed by atoms with Gasteiger partial charge in [-0.15, -0.1) is 0 Å². The van der Waals surface area contributed by atoms with Gasteiger partial charge in [-0.05, 0) is 24.5 Å². The zero-order valence-electron chi connectivity index (χ0n) is 13.2. The molecule has 2 rings (SSSR count). The molecule has 0 atom stereocenters. The summed E-state index contributed by atoms with van der Waals surface area (Å²) in [5.74, 6) is 1.45. The highest BCUT2D eigenvalue weighted by Gasteiger charge is 2.01. The molecule has 0 unspecified atom stereocenters. The second kappa shape index (κ2) is 7.72. The van der Waals surface area contributed by atoms with Gasteiger partial charge in [0, 0.05) is 36.6 Å². The lowest BCUT2D eigenvalue weighted by atomic mass is 10.2. The van der Waals surface area contributed by atoms with E-state index in [1.54, 1.807) is 0 Å². The summed E-state index contributed by atoms with van der Waals surface area (Å²) in [6.45, 7) is 8.94. The molecular formula is C17H25N3O. The van der Waals surface area contributed by atoms with Gasteiger partial charge in [0.25, 0.3) is 0 Å². The number of ether oxygens (including phenoxy) is 1. The molecule has 0 saturated carbocycles. The van der Waals surface area contributed by atoms with Crippen molar-refractivity contribution in [3.63, 3.8) is 0 Å². The van der Waals surface area contributed by atoms with Crippen LogP contribution in [0.4, 0.5) is 5.69 Å². The highest BCUT2D eigenvalue weighted by Crippen LogP contribution is 2.18. The van der Waals surface area contributed by atoms with E-state index in [-0.39, 0.29) is 0 Å². The van der Waals surface area contributed by atoms with Crippen LogP contribution in [-0.2, 0) is 13.1 Å². The highest BCUT2D eigenvalue weighted by molar-refractivity contribution is 5.48. The van der Waals surface area contributed by atoms with Gasteiger partial charge in [0.1, 0.15) is 5.75 Å². The Kier molecular flexibility index (Phi) is 5.67. The second-order valence-corrected chi connectivity index (χ2v) is 5.70. The van der Waals surface area contributed by atoms with Crippen molar-refractivity contribution in [3.8, 4) is 5.75 Å². The fraction of sp³-hybridized carbons (Fsp3) is 0.471.